The number of aliphatic hydroxyl groups excluding tert-OH is 1. The molecule has 0 aliphatic carbocycles. The fourth-order valence-corrected chi connectivity index (χ4v) is 2.07. The maximum Gasteiger partial charge on any atom is 0.142 e. The number of aliphatic hydroxyl groups is 1. The molecule has 1 N–H and O–H groups in total. The van der Waals surface area contributed by atoms with Crippen molar-refractivity contribution in [3.8, 4) is 0 Å². The maximum absolute atomic E-state index is 8.70. The Kier molecular flexibility index (Phi) is 5.77. The molecule has 0 bridgehead atoms. The van der Waals surface area contributed by atoms with Gasteiger partial charge >= 0.3 is 0 Å². The van der Waals surface area contributed by atoms with Crippen LogP contribution in [0.2, 0.25) is 0 Å². The topological polar surface area (TPSA) is 36.4 Å². The first kappa shape index (κ1) is 13.5. The molecule has 0 amide bonds. The summed E-state index contributed by atoms with van der Waals surface area (Å²) in [5.74, 6) is 0.990. The summed E-state index contributed by atoms with van der Waals surface area (Å²) < 4.78 is 1.07. The quantitative estimate of drug-likeness (QED) is 0.817. The zero-order valence-corrected chi connectivity index (χ0v) is 11.5. The molecule has 0 aliphatic rings. The first-order valence-corrected chi connectivity index (χ1v) is 6.39. The number of halogens is 1. The second kappa shape index (κ2) is 6.86. The molecule has 0 radical (unpaired) electrons. The molecule has 0 saturated carbocycles. The lowest BCUT2D eigenvalue weighted by atomic mass is 10.2. The van der Waals surface area contributed by atoms with Crippen molar-refractivity contribution in [3.63, 3.8) is 0 Å². The zero-order valence-electron chi connectivity index (χ0n) is 9.91. The number of hydrogen-bond acceptors (Lipinski definition) is 3. The van der Waals surface area contributed by atoms with E-state index >= 15 is 0 Å². The molecular formula is C12H19BrN2O. The first-order valence-electron chi connectivity index (χ1n) is 5.60. The van der Waals surface area contributed by atoms with E-state index in [0.717, 1.165) is 36.1 Å². The van der Waals surface area contributed by atoms with Crippen molar-refractivity contribution in [2.45, 2.75) is 26.2 Å². The standard InChI is InChI=1S/C12H19BrN2O/c1-10-6-7-14-12(11(10)13)15(2)8-4-3-5-9-16/h6-7,16H,3-5,8-9H2,1-2H3. The van der Waals surface area contributed by atoms with Crippen molar-refractivity contribution in [2.75, 3.05) is 25.1 Å². The van der Waals surface area contributed by atoms with Crippen LogP contribution in [0.3, 0.4) is 0 Å². The molecule has 16 heavy (non-hydrogen) atoms. The number of nitrogens with zero attached hydrogens (tertiary/aromatic N) is 2. The van der Waals surface area contributed by atoms with Gasteiger partial charge < -0.3 is 10.0 Å². The lowest BCUT2D eigenvalue weighted by molar-refractivity contribution is 0.283. The van der Waals surface area contributed by atoms with Crippen molar-refractivity contribution in [1.29, 1.82) is 0 Å². The molecule has 0 saturated heterocycles. The lowest BCUT2D eigenvalue weighted by Crippen LogP contribution is -2.20. The van der Waals surface area contributed by atoms with Crippen LogP contribution in [0.5, 0.6) is 0 Å². The minimum absolute atomic E-state index is 0.288. The Morgan fingerprint density at radius 2 is 2.12 bits per heavy atom. The molecule has 0 aliphatic heterocycles. The highest BCUT2D eigenvalue weighted by molar-refractivity contribution is 9.10. The highest BCUT2D eigenvalue weighted by Crippen LogP contribution is 2.26. The van der Waals surface area contributed by atoms with E-state index in [0.29, 0.717) is 0 Å². The summed E-state index contributed by atoms with van der Waals surface area (Å²) in [7, 11) is 2.05. The van der Waals surface area contributed by atoms with Crippen molar-refractivity contribution in [3.05, 3.63) is 22.3 Å². The Labute approximate surface area is 106 Å². The number of hydrogen-bond donors (Lipinski definition) is 1. The molecule has 0 fully saturated rings. The normalized spacial score (nSPS) is 10.5. The second-order valence-electron chi connectivity index (χ2n) is 3.97. The second-order valence-corrected chi connectivity index (χ2v) is 4.76. The third-order valence-corrected chi connectivity index (χ3v) is 3.56. The van der Waals surface area contributed by atoms with E-state index in [1.807, 2.05) is 19.3 Å². The summed E-state index contributed by atoms with van der Waals surface area (Å²) in [4.78, 5) is 6.51. The SMILES string of the molecule is Cc1ccnc(N(C)CCCCCO)c1Br. The van der Waals surface area contributed by atoms with E-state index in [9.17, 15) is 0 Å². The van der Waals surface area contributed by atoms with Crippen molar-refractivity contribution in [2.24, 2.45) is 0 Å². The Bertz CT molecular complexity index is 331. The van der Waals surface area contributed by atoms with E-state index in [2.05, 4.69) is 32.7 Å². The fraction of sp³-hybridized carbons (Fsp3) is 0.583. The lowest BCUT2D eigenvalue weighted by Gasteiger charge is -2.20. The smallest absolute Gasteiger partial charge is 0.142 e. The van der Waals surface area contributed by atoms with Crippen LogP contribution < -0.4 is 4.90 Å². The third kappa shape index (κ3) is 3.76. The molecule has 0 atom stereocenters. The van der Waals surface area contributed by atoms with Crippen LogP contribution in [0.4, 0.5) is 5.82 Å². The summed E-state index contributed by atoms with van der Waals surface area (Å²) in [6, 6.07) is 1.99. The molecule has 1 rings (SSSR count). The summed E-state index contributed by atoms with van der Waals surface area (Å²) in [5, 5.41) is 8.70. The largest absolute Gasteiger partial charge is 0.396 e. The van der Waals surface area contributed by atoms with Gasteiger partial charge in [-0.05, 0) is 53.7 Å². The summed E-state index contributed by atoms with van der Waals surface area (Å²) in [6.45, 7) is 3.32. The Morgan fingerprint density at radius 3 is 2.81 bits per heavy atom. The van der Waals surface area contributed by atoms with Crippen LogP contribution in [0.1, 0.15) is 24.8 Å². The van der Waals surface area contributed by atoms with Gasteiger partial charge in [0.25, 0.3) is 0 Å². The average molecular weight is 287 g/mol. The van der Waals surface area contributed by atoms with Gasteiger partial charge in [-0.25, -0.2) is 4.98 Å². The van der Waals surface area contributed by atoms with E-state index in [1.54, 1.807) is 0 Å². The Morgan fingerprint density at radius 1 is 1.38 bits per heavy atom. The van der Waals surface area contributed by atoms with Gasteiger partial charge in [0, 0.05) is 26.4 Å². The maximum atomic E-state index is 8.70. The molecule has 1 heterocycles. The number of pyridine rings is 1. The average Bonchev–Trinajstić information content (AvgIpc) is 2.28. The molecule has 0 spiro atoms. The van der Waals surface area contributed by atoms with Crippen LogP contribution in [0.25, 0.3) is 0 Å². The number of unbranched alkanes of at least 4 members (excludes halogenated alkanes) is 2. The van der Waals surface area contributed by atoms with Crippen molar-refractivity contribution >= 4 is 21.7 Å². The molecule has 1 aromatic rings. The van der Waals surface area contributed by atoms with Gasteiger partial charge in [0.1, 0.15) is 5.82 Å². The van der Waals surface area contributed by atoms with Crippen LogP contribution >= 0.6 is 15.9 Å². The highest BCUT2D eigenvalue weighted by atomic mass is 79.9. The molecular weight excluding hydrogens is 268 g/mol. The van der Waals surface area contributed by atoms with E-state index in [4.69, 9.17) is 5.11 Å². The fourth-order valence-electron chi connectivity index (χ4n) is 1.54. The van der Waals surface area contributed by atoms with Crippen LogP contribution in [-0.4, -0.2) is 30.3 Å². The monoisotopic (exact) mass is 286 g/mol. The Hall–Kier alpha value is -0.610. The van der Waals surface area contributed by atoms with Crippen molar-refractivity contribution < 1.29 is 5.11 Å². The van der Waals surface area contributed by atoms with Crippen LogP contribution in [0.15, 0.2) is 16.7 Å². The summed E-state index contributed by atoms with van der Waals surface area (Å²) in [6.07, 6.45) is 4.86. The highest BCUT2D eigenvalue weighted by Gasteiger charge is 2.08. The van der Waals surface area contributed by atoms with Crippen LogP contribution in [-0.2, 0) is 0 Å². The minimum atomic E-state index is 0.288. The van der Waals surface area contributed by atoms with Crippen LogP contribution in [0, 0.1) is 6.92 Å². The molecule has 0 unspecified atom stereocenters. The molecule has 3 nitrogen and oxygen atoms in total. The molecule has 90 valence electrons. The molecule has 4 heteroatoms. The number of rotatable bonds is 6. The number of anilines is 1. The van der Waals surface area contributed by atoms with Gasteiger partial charge in [0.05, 0.1) is 4.47 Å². The summed E-state index contributed by atoms with van der Waals surface area (Å²) >= 11 is 3.56. The van der Waals surface area contributed by atoms with Gasteiger partial charge in [0.2, 0.25) is 0 Å². The first-order chi connectivity index (χ1) is 7.66. The van der Waals surface area contributed by atoms with Gasteiger partial charge in [-0.1, -0.05) is 0 Å². The third-order valence-electron chi connectivity index (χ3n) is 2.58. The minimum Gasteiger partial charge on any atom is -0.396 e. The Balaban J connectivity index is 2.52. The molecule has 1 aromatic heterocycles. The van der Waals surface area contributed by atoms with E-state index in [-0.39, 0.29) is 6.61 Å². The van der Waals surface area contributed by atoms with Gasteiger partial charge in [-0.2, -0.15) is 0 Å². The molecule has 0 aromatic carbocycles. The number of aromatic nitrogens is 1. The van der Waals surface area contributed by atoms with E-state index in [1.165, 1.54) is 5.56 Å². The van der Waals surface area contributed by atoms with Gasteiger partial charge in [-0.15, -0.1) is 0 Å². The van der Waals surface area contributed by atoms with Gasteiger partial charge in [-0.3, -0.25) is 0 Å². The van der Waals surface area contributed by atoms with E-state index < -0.39 is 0 Å². The number of aryl methyl sites for hydroxylation is 1. The summed E-state index contributed by atoms with van der Waals surface area (Å²) in [5.41, 5.74) is 1.20. The van der Waals surface area contributed by atoms with Crippen molar-refractivity contribution in [1.82, 2.24) is 4.98 Å². The zero-order chi connectivity index (χ0) is 12.0. The van der Waals surface area contributed by atoms with Gasteiger partial charge in [0.15, 0.2) is 0 Å². The predicted molar refractivity (Wildman–Crippen MR) is 70.9 cm³/mol. The predicted octanol–water partition coefficient (Wildman–Crippen LogP) is 2.75.